The van der Waals surface area contributed by atoms with Gasteiger partial charge < -0.3 is 9.64 Å². The van der Waals surface area contributed by atoms with E-state index >= 15 is 0 Å². The molecule has 2 nitrogen and oxygen atoms in total. The van der Waals surface area contributed by atoms with Gasteiger partial charge in [0.25, 0.3) is 0 Å². The fraction of sp³-hybridized carbons (Fsp3) is 0.667. The Bertz CT molecular complexity index is 377. The lowest BCUT2D eigenvalue weighted by molar-refractivity contribution is 0.307. The van der Waals surface area contributed by atoms with E-state index in [-0.39, 0.29) is 0 Å². The largest absolute Gasteiger partial charge is 0.490 e. The number of rotatable bonds is 9. The summed E-state index contributed by atoms with van der Waals surface area (Å²) >= 11 is 0. The fourth-order valence-corrected chi connectivity index (χ4v) is 2.90. The summed E-state index contributed by atoms with van der Waals surface area (Å²) < 4.78 is 5.69. The molecule has 0 saturated heterocycles. The molecule has 0 aliphatic carbocycles. The molecule has 0 spiro atoms. The van der Waals surface area contributed by atoms with Crippen molar-refractivity contribution in [2.75, 3.05) is 24.6 Å². The minimum Gasteiger partial charge on any atom is -0.490 e. The number of hydrogen-bond acceptors (Lipinski definition) is 2. The second-order valence-corrected chi connectivity index (χ2v) is 5.78. The van der Waals surface area contributed by atoms with Gasteiger partial charge in [-0.1, -0.05) is 64.0 Å². The Hall–Kier alpha value is -1.18. The molecule has 0 amide bonds. The van der Waals surface area contributed by atoms with E-state index in [0.29, 0.717) is 0 Å². The van der Waals surface area contributed by atoms with Gasteiger partial charge >= 0.3 is 0 Å². The molecule has 0 fully saturated rings. The maximum absolute atomic E-state index is 5.69. The van der Waals surface area contributed by atoms with Gasteiger partial charge in [-0.25, -0.2) is 0 Å². The minimum absolute atomic E-state index is 0.827. The lowest BCUT2D eigenvalue weighted by Gasteiger charge is -2.31. The molecular weight excluding hydrogens is 246 g/mol. The summed E-state index contributed by atoms with van der Waals surface area (Å²) in [4.78, 5) is 2.48. The number of unbranched alkanes of at least 4 members (excludes halogenated alkanes) is 7. The SMILES string of the molecule is CCCCCCCCCCN1CCOc2ccccc21. The minimum atomic E-state index is 0.827. The van der Waals surface area contributed by atoms with Crippen molar-refractivity contribution < 1.29 is 4.74 Å². The zero-order chi connectivity index (χ0) is 14.0. The van der Waals surface area contributed by atoms with Gasteiger partial charge in [-0.2, -0.15) is 0 Å². The molecule has 2 rings (SSSR count). The molecule has 0 unspecified atom stereocenters. The third-order valence-electron chi connectivity index (χ3n) is 4.11. The van der Waals surface area contributed by atoms with Gasteiger partial charge in [0.05, 0.1) is 12.2 Å². The Kier molecular flexibility index (Phi) is 6.76. The standard InChI is InChI=1S/C18H29NO/c1-2-3-4-5-6-7-8-11-14-19-15-16-20-18-13-10-9-12-17(18)19/h9-10,12-13H,2-8,11,14-16H2,1H3. The molecule has 0 atom stereocenters. The molecule has 20 heavy (non-hydrogen) atoms. The van der Waals surface area contributed by atoms with Crippen molar-refractivity contribution in [3.8, 4) is 5.75 Å². The van der Waals surface area contributed by atoms with Crippen molar-refractivity contribution in [3.63, 3.8) is 0 Å². The van der Waals surface area contributed by atoms with Crippen LogP contribution in [0.3, 0.4) is 0 Å². The first-order valence-electron chi connectivity index (χ1n) is 8.38. The van der Waals surface area contributed by atoms with Crippen LogP contribution in [0.1, 0.15) is 58.3 Å². The third-order valence-corrected chi connectivity index (χ3v) is 4.11. The number of fused-ring (bicyclic) bond motifs is 1. The second-order valence-electron chi connectivity index (χ2n) is 5.78. The number of para-hydroxylation sites is 2. The second kappa shape index (κ2) is 8.89. The van der Waals surface area contributed by atoms with Gasteiger partial charge in [-0.15, -0.1) is 0 Å². The molecule has 0 aromatic heterocycles. The highest BCUT2D eigenvalue weighted by molar-refractivity contribution is 5.59. The van der Waals surface area contributed by atoms with Crippen LogP contribution in [0.25, 0.3) is 0 Å². The van der Waals surface area contributed by atoms with Crippen LogP contribution in [-0.4, -0.2) is 19.7 Å². The van der Waals surface area contributed by atoms with Crippen LogP contribution >= 0.6 is 0 Å². The van der Waals surface area contributed by atoms with Crippen molar-refractivity contribution in [2.45, 2.75) is 58.3 Å². The first kappa shape index (κ1) is 15.2. The molecule has 1 aromatic carbocycles. The molecule has 112 valence electrons. The van der Waals surface area contributed by atoms with Gasteiger partial charge in [0.2, 0.25) is 0 Å². The number of benzene rings is 1. The van der Waals surface area contributed by atoms with E-state index in [4.69, 9.17) is 4.74 Å². The molecule has 1 aromatic rings. The van der Waals surface area contributed by atoms with Gasteiger partial charge in [0, 0.05) is 6.54 Å². The maximum Gasteiger partial charge on any atom is 0.142 e. The van der Waals surface area contributed by atoms with Crippen LogP contribution < -0.4 is 9.64 Å². The van der Waals surface area contributed by atoms with Crippen molar-refractivity contribution in [2.24, 2.45) is 0 Å². The van der Waals surface area contributed by atoms with E-state index < -0.39 is 0 Å². The highest BCUT2D eigenvalue weighted by atomic mass is 16.5. The lowest BCUT2D eigenvalue weighted by Crippen LogP contribution is -2.33. The average molecular weight is 275 g/mol. The van der Waals surface area contributed by atoms with Crippen LogP contribution in [0.2, 0.25) is 0 Å². The maximum atomic E-state index is 5.69. The predicted octanol–water partition coefficient (Wildman–Crippen LogP) is 5.03. The Balaban J connectivity index is 1.61. The van der Waals surface area contributed by atoms with Gasteiger partial charge in [0.1, 0.15) is 12.4 Å². The molecule has 2 heteroatoms. The molecule has 0 N–H and O–H groups in total. The monoisotopic (exact) mass is 275 g/mol. The molecular formula is C18H29NO. The van der Waals surface area contributed by atoms with Gasteiger partial charge in [0.15, 0.2) is 0 Å². The highest BCUT2D eigenvalue weighted by Gasteiger charge is 2.16. The van der Waals surface area contributed by atoms with Crippen LogP contribution in [0.5, 0.6) is 5.75 Å². The molecule has 1 heterocycles. The third kappa shape index (κ3) is 4.73. The number of ether oxygens (including phenoxy) is 1. The van der Waals surface area contributed by atoms with E-state index in [1.54, 1.807) is 0 Å². The molecule has 0 radical (unpaired) electrons. The van der Waals surface area contributed by atoms with Crippen LogP contribution in [-0.2, 0) is 0 Å². The fourth-order valence-electron chi connectivity index (χ4n) is 2.90. The highest BCUT2D eigenvalue weighted by Crippen LogP contribution is 2.30. The predicted molar refractivity (Wildman–Crippen MR) is 86.8 cm³/mol. The summed E-state index contributed by atoms with van der Waals surface area (Å²) in [6.45, 7) is 5.32. The van der Waals surface area contributed by atoms with E-state index in [1.807, 2.05) is 0 Å². The summed E-state index contributed by atoms with van der Waals surface area (Å²) in [5.41, 5.74) is 1.28. The Labute approximate surface area is 124 Å². The van der Waals surface area contributed by atoms with Gasteiger partial charge in [-0.3, -0.25) is 0 Å². The average Bonchev–Trinajstić information content (AvgIpc) is 2.50. The van der Waals surface area contributed by atoms with Crippen molar-refractivity contribution >= 4 is 5.69 Å². The normalized spacial score (nSPS) is 13.9. The topological polar surface area (TPSA) is 12.5 Å². The number of nitrogens with zero attached hydrogens (tertiary/aromatic N) is 1. The number of hydrogen-bond donors (Lipinski definition) is 0. The van der Waals surface area contributed by atoms with Gasteiger partial charge in [-0.05, 0) is 18.6 Å². The van der Waals surface area contributed by atoms with Crippen LogP contribution in [0.15, 0.2) is 24.3 Å². The molecule has 0 bridgehead atoms. The summed E-state index contributed by atoms with van der Waals surface area (Å²) in [5, 5.41) is 0. The molecule has 0 saturated carbocycles. The Morgan fingerprint density at radius 1 is 0.950 bits per heavy atom. The quantitative estimate of drug-likeness (QED) is 0.586. The van der Waals surface area contributed by atoms with Crippen molar-refractivity contribution in [1.29, 1.82) is 0 Å². The van der Waals surface area contributed by atoms with E-state index in [9.17, 15) is 0 Å². The Morgan fingerprint density at radius 2 is 1.65 bits per heavy atom. The summed E-state index contributed by atoms with van der Waals surface area (Å²) in [7, 11) is 0. The first-order chi connectivity index (χ1) is 9.92. The lowest BCUT2D eigenvalue weighted by atomic mass is 10.1. The van der Waals surface area contributed by atoms with Crippen LogP contribution in [0, 0.1) is 0 Å². The van der Waals surface area contributed by atoms with E-state index in [0.717, 1.165) is 18.9 Å². The zero-order valence-corrected chi connectivity index (χ0v) is 12.9. The van der Waals surface area contributed by atoms with Crippen molar-refractivity contribution in [1.82, 2.24) is 0 Å². The van der Waals surface area contributed by atoms with E-state index in [1.165, 1.54) is 63.6 Å². The van der Waals surface area contributed by atoms with Crippen LogP contribution in [0.4, 0.5) is 5.69 Å². The Morgan fingerprint density at radius 3 is 2.45 bits per heavy atom. The van der Waals surface area contributed by atoms with Crippen molar-refractivity contribution in [3.05, 3.63) is 24.3 Å². The number of anilines is 1. The summed E-state index contributed by atoms with van der Waals surface area (Å²) in [6, 6.07) is 8.42. The smallest absolute Gasteiger partial charge is 0.142 e. The zero-order valence-electron chi connectivity index (χ0n) is 12.9. The summed E-state index contributed by atoms with van der Waals surface area (Å²) in [6.07, 6.45) is 11.1. The molecule has 1 aliphatic rings. The first-order valence-corrected chi connectivity index (χ1v) is 8.38. The summed E-state index contributed by atoms with van der Waals surface area (Å²) in [5.74, 6) is 1.05. The molecule has 1 aliphatic heterocycles. The van der Waals surface area contributed by atoms with E-state index in [2.05, 4.69) is 36.1 Å².